The lowest BCUT2D eigenvalue weighted by atomic mass is 10.2. The molecule has 148 valence electrons. The van der Waals surface area contributed by atoms with Crippen LogP contribution < -0.4 is 5.32 Å². The smallest absolute Gasteiger partial charge is 0.338 e. The predicted octanol–water partition coefficient (Wildman–Crippen LogP) is 4.78. The number of thioether (sulfide) groups is 1. The van der Waals surface area contributed by atoms with Crippen LogP contribution in [0.4, 0.5) is 5.69 Å². The van der Waals surface area contributed by atoms with Gasteiger partial charge in [0.2, 0.25) is 0 Å². The third kappa shape index (κ3) is 5.59. The zero-order valence-corrected chi connectivity index (χ0v) is 16.8. The van der Waals surface area contributed by atoms with E-state index < -0.39 is 0 Å². The van der Waals surface area contributed by atoms with Gasteiger partial charge >= 0.3 is 5.97 Å². The van der Waals surface area contributed by atoms with Gasteiger partial charge in [-0.05, 0) is 55.7 Å². The van der Waals surface area contributed by atoms with Crippen molar-refractivity contribution in [2.24, 2.45) is 0 Å². The molecule has 0 radical (unpaired) electrons. The van der Waals surface area contributed by atoms with Crippen molar-refractivity contribution >= 4 is 29.3 Å². The molecule has 2 aromatic rings. The summed E-state index contributed by atoms with van der Waals surface area (Å²) in [4.78, 5) is 25.5. The second-order valence-corrected chi connectivity index (χ2v) is 7.67. The summed E-state index contributed by atoms with van der Waals surface area (Å²) >= 11 is 1.65. The van der Waals surface area contributed by atoms with Gasteiger partial charge in [0.05, 0.1) is 23.8 Å². The van der Waals surface area contributed by atoms with Gasteiger partial charge in [0, 0.05) is 22.9 Å². The van der Waals surface area contributed by atoms with Crippen LogP contribution in [0.1, 0.15) is 46.9 Å². The van der Waals surface area contributed by atoms with Crippen LogP contribution in [0.2, 0.25) is 0 Å². The van der Waals surface area contributed by atoms with Gasteiger partial charge in [-0.25, -0.2) is 4.79 Å². The maximum Gasteiger partial charge on any atom is 0.338 e. The normalized spacial score (nSPS) is 16.0. The number of hydrogen-bond donors (Lipinski definition) is 1. The SMILES string of the molecule is CCCOC(=O)c1ccc(NC(=O)c2ccccc2SCC2CCCO2)cc1. The molecule has 1 fully saturated rings. The van der Waals surface area contributed by atoms with Crippen LogP contribution in [0.3, 0.4) is 0 Å². The molecule has 0 aromatic heterocycles. The standard InChI is InChI=1S/C22H25NO4S/c1-2-13-27-22(25)16-9-11-17(12-10-16)23-21(24)19-7-3-4-8-20(19)28-15-18-6-5-14-26-18/h3-4,7-12,18H,2,5-6,13-15H2,1H3,(H,23,24). The number of carbonyl (C=O) groups excluding carboxylic acids is 2. The van der Waals surface area contributed by atoms with Gasteiger partial charge in [0.15, 0.2) is 0 Å². The van der Waals surface area contributed by atoms with Crippen LogP contribution >= 0.6 is 11.8 Å². The fourth-order valence-corrected chi connectivity index (χ4v) is 4.02. The maximum absolute atomic E-state index is 12.7. The molecule has 1 heterocycles. The van der Waals surface area contributed by atoms with E-state index in [1.165, 1.54) is 0 Å². The highest BCUT2D eigenvalue weighted by molar-refractivity contribution is 7.99. The molecule has 0 aliphatic carbocycles. The first kappa shape index (κ1) is 20.4. The van der Waals surface area contributed by atoms with E-state index >= 15 is 0 Å². The molecule has 1 saturated heterocycles. The molecule has 3 rings (SSSR count). The average molecular weight is 400 g/mol. The lowest BCUT2D eigenvalue weighted by molar-refractivity contribution is 0.0505. The molecule has 1 unspecified atom stereocenters. The molecular weight excluding hydrogens is 374 g/mol. The Labute approximate surface area is 169 Å². The van der Waals surface area contributed by atoms with Crippen molar-refractivity contribution in [1.29, 1.82) is 0 Å². The molecule has 1 amide bonds. The van der Waals surface area contributed by atoms with E-state index in [0.29, 0.717) is 23.4 Å². The van der Waals surface area contributed by atoms with Crippen molar-refractivity contribution in [3.63, 3.8) is 0 Å². The quantitative estimate of drug-likeness (QED) is 0.511. The monoisotopic (exact) mass is 399 g/mol. The first-order chi connectivity index (χ1) is 13.7. The van der Waals surface area contributed by atoms with E-state index in [4.69, 9.17) is 9.47 Å². The maximum atomic E-state index is 12.7. The number of carbonyl (C=O) groups is 2. The molecule has 0 spiro atoms. The zero-order chi connectivity index (χ0) is 19.8. The number of hydrogen-bond acceptors (Lipinski definition) is 5. The molecular formula is C22H25NO4S. The van der Waals surface area contributed by atoms with E-state index in [-0.39, 0.29) is 18.0 Å². The van der Waals surface area contributed by atoms with Gasteiger partial charge in [-0.15, -0.1) is 11.8 Å². The van der Waals surface area contributed by atoms with E-state index in [1.807, 2.05) is 31.2 Å². The molecule has 1 aliphatic heterocycles. The second kappa shape index (κ2) is 10.3. The number of esters is 1. The van der Waals surface area contributed by atoms with Crippen LogP contribution in [-0.2, 0) is 9.47 Å². The highest BCUT2D eigenvalue weighted by atomic mass is 32.2. The van der Waals surface area contributed by atoms with Gasteiger partial charge in [0.1, 0.15) is 0 Å². The van der Waals surface area contributed by atoms with Gasteiger partial charge in [-0.3, -0.25) is 4.79 Å². The van der Waals surface area contributed by atoms with Crippen LogP contribution in [0, 0.1) is 0 Å². The highest BCUT2D eigenvalue weighted by Crippen LogP contribution is 2.27. The van der Waals surface area contributed by atoms with Crippen molar-refractivity contribution in [3.8, 4) is 0 Å². The van der Waals surface area contributed by atoms with Crippen LogP contribution in [0.25, 0.3) is 0 Å². The third-order valence-electron chi connectivity index (χ3n) is 4.40. The Morgan fingerprint density at radius 1 is 1.18 bits per heavy atom. The summed E-state index contributed by atoms with van der Waals surface area (Å²) in [6.45, 7) is 3.18. The lowest BCUT2D eigenvalue weighted by Gasteiger charge is -2.12. The molecule has 1 aliphatic rings. The topological polar surface area (TPSA) is 64.6 Å². The Balaban J connectivity index is 1.62. The fourth-order valence-electron chi connectivity index (χ4n) is 2.90. The highest BCUT2D eigenvalue weighted by Gasteiger charge is 2.18. The largest absolute Gasteiger partial charge is 0.462 e. The Bertz CT molecular complexity index is 800. The first-order valence-electron chi connectivity index (χ1n) is 9.59. The van der Waals surface area contributed by atoms with Crippen molar-refractivity contribution in [2.45, 2.75) is 37.2 Å². The van der Waals surface area contributed by atoms with Crippen molar-refractivity contribution in [1.82, 2.24) is 0 Å². The van der Waals surface area contributed by atoms with Crippen molar-refractivity contribution in [2.75, 3.05) is 24.3 Å². The molecule has 2 aromatic carbocycles. The van der Waals surface area contributed by atoms with Gasteiger partial charge in [0.25, 0.3) is 5.91 Å². The number of anilines is 1. The summed E-state index contributed by atoms with van der Waals surface area (Å²) < 4.78 is 10.8. The fraction of sp³-hybridized carbons (Fsp3) is 0.364. The Morgan fingerprint density at radius 2 is 1.96 bits per heavy atom. The molecule has 1 atom stereocenters. The van der Waals surface area contributed by atoms with Crippen LogP contribution in [0.15, 0.2) is 53.4 Å². The zero-order valence-electron chi connectivity index (χ0n) is 16.0. The Kier molecular flexibility index (Phi) is 7.51. The number of amides is 1. The minimum Gasteiger partial charge on any atom is -0.462 e. The van der Waals surface area contributed by atoms with Crippen LogP contribution in [0.5, 0.6) is 0 Å². The Hall–Kier alpha value is -2.31. The molecule has 0 saturated carbocycles. The number of ether oxygens (including phenoxy) is 2. The lowest BCUT2D eigenvalue weighted by Crippen LogP contribution is -2.14. The van der Waals surface area contributed by atoms with Crippen molar-refractivity contribution in [3.05, 3.63) is 59.7 Å². The molecule has 6 heteroatoms. The van der Waals surface area contributed by atoms with Gasteiger partial charge < -0.3 is 14.8 Å². The molecule has 1 N–H and O–H groups in total. The summed E-state index contributed by atoms with van der Waals surface area (Å²) in [6.07, 6.45) is 3.23. The second-order valence-electron chi connectivity index (χ2n) is 6.61. The number of nitrogens with one attached hydrogen (secondary N) is 1. The van der Waals surface area contributed by atoms with Crippen molar-refractivity contribution < 1.29 is 19.1 Å². The molecule has 5 nitrogen and oxygen atoms in total. The predicted molar refractivity (Wildman–Crippen MR) is 111 cm³/mol. The van der Waals surface area contributed by atoms with E-state index in [2.05, 4.69) is 5.32 Å². The summed E-state index contributed by atoms with van der Waals surface area (Å²) in [7, 11) is 0. The summed E-state index contributed by atoms with van der Waals surface area (Å²) in [6, 6.07) is 14.3. The average Bonchev–Trinajstić information content (AvgIpc) is 3.25. The minimum absolute atomic E-state index is 0.170. The van der Waals surface area contributed by atoms with E-state index in [9.17, 15) is 9.59 Å². The minimum atomic E-state index is -0.351. The summed E-state index contributed by atoms with van der Waals surface area (Å²) in [5, 5.41) is 2.90. The molecule has 0 bridgehead atoms. The summed E-state index contributed by atoms with van der Waals surface area (Å²) in [5.41, 5.74) is 1.74. The number of benzene rings is 2. The van der Waals surface area contributed by atoms with E-state index in [1.54, 1.807) is 36.0 Å². The van der Waals surface area contributed by atoms with E-state index in [0.717, 1.165) is 36.5 Å². The first-order valence-corrected chi connectivity index (χ1v) is 10.6. The Morgan fingerprint density at radius 3 is 2.68 bits per heavy atom. The summed E-state index contributed by atoms with van der Waals surface area (Å²) in [5.74, 6) is 0.325. The molecule has 28 heavy (non-hydrogen) atoms. The van der Waals surface area contributed by atoms with Gasteiger partial charge in [-0.2, -0.15) is 0 Å². The van der Waals surface area contributed by atoms with Crippen LogP contribution in [-0.4, -0.2) is 36.9 Å². The third-order valence-corrected chi connectivity index (χ3v) is 5.60. The van der Waals surface area contributed by atoms with Gasteiger partial charge in [-0.1, -0.05) is 19.1 Å². The number of rotatable bonds is 8.